The van der Waals surface area contributed by atoms with Crippen LogP contribution in [0.3, 0.4) is 0 Å². The first kappa shape index (κ1) is 26.3. The molecule has 0 aliphatic carbocycles. The molecule has 0 aliphatic rings. The molecule has 0 saturated heterocycles. The normalized spacial score (nSPS) is 14.7. The number of nitrogens with two attached hydrogens (primary N) is 3. The number of carbonyl (C=O) groups excluding carboxylic acids is 2. The molecule has 164 valence electrons. The summed E-state index contributed by atoms with van der Waals surface area (Å²) in [6.45, 7) is 11.2. The van der Waals surface area contributed by atoms with E-state index >= 15 is 0 Å². The number of rotatable bonds is 12. The topological polar surface area (TPSA) is 174 Å². The number of hydrogen-bond donors (Lipinski definition) is 6. The van der Waals surface area contributed by atoms with Crippen LogP contribution in [0, 0.1) is 16.7 Å². The van der Waals surface area contributed by atoms with Crippen LogP contribution in [-0.2, 0) is 14.4 Å². The molecular weight excluding hydrogens is 362 g/mol. The van der Waals surface area contributed by atoms with Crippen LogP contribution in [0.2, 0.25) is 0 Å². The fourth-order valence-corrected chi connectivity index (χ4v) is 3.24. The summed E-state index contributed by atoms with van der Waals surface area (Å²) < 4.78 is 0. The SMILES string of the molecule is CC(C)C[C@H](NC(=O)C(C)(C)CC(C)(C)[C@H](N)C(=O)O)C(=O)NC(CN)CN. The highest BCUT2D eigenvalue weighted by atomic mass is 16.4. The third-order valence-corrected chi connectivity index (χ3v) is 4.86. The highest BCUT2D eigenvalue weighted by Gasteiger charge is 2.41. The Balaban J connectivity index is 5.32. The molecule has 0 aliphatic heterocycles. The van der Waals surface area contributed by atoms with Gasteiger partial charge in [0.2, 0.25) is 11.8 Å². The van der Waals surface area contributed by atoms with E-state index in [9.17, 15) is 19.5 Å². The molecule has 28 heavy (non-hydrogen) atoms. The zero-order valence-corrected chi connectivity index (χ0v) is 18.0. The van der Waals surface area contributed by atoms with E-state index < -0.39 is 28.9 Å². The van der Waals surface area contributed by atoms with E-state index in [1.54, 1.807) is 27.7 Å². The molecule has 0 aromatic rings. The summed E-state index contributed by atoms with van der Waals surface area (Å²) in [6, 6.07) is -2.20. The Bertz CT molecular complexity index is 544. The lowest BCUT2D eigenvalue weighted by Crippen LogP contribution is -2.56. The van der Waals surface area contributed by atoms with Gasteiger partial charge >= 0.3 is 5.97 Å². The predicted octanol–water partition coefficient (Wildman–Crippen LogP) is -0.226. The smallest absolute Gasteiger partial charge is 0.321 e. The first-order chi connectivity index (χ1) is 12.7. The van der Waals surface area contributed by atoms with Gasteiger partial charge < -0.3 is 32.9 Å². The number of hydrogen-bond acceptors (Lipinski definition) is 6. The van der Waals surface area contributed by atoms with Gasteiger partial charge in [0.25, 0.3) is 0 Å². The number of carboxylic acid groups (broad SMARTS) is 1. The summed E-state index contributed by atoms with van der Waals surface area (Å²) in [5.74, 6) is -1.62. The Kier molecular flexibility index (Phi) is 10.1. The minimum Gasteiger partial charge on any atom is -0.480 e. The average molecular weight is 402 g/mol. The monoisotopic (exact) mass is 401 g/mol. The molecule has 0 bridgehead atoms. The van der Waals surface area contributed by atoms with Gasteiger partial charge in [-0.25, -0.2) is 0 Å². The van der Waals surface area contributed by atoms with Crippen LogP contribution in [0.15, 0.2) is 0 Å². The molecule has 0 aromatic carbocycles. The van der Waals surface area contributed by atoms with Gasteiger partial charge in [-0.05, 0) is 24.2 Å². The first-order valence-electron chi connectivity index (χ1n) is 9.67. The van der Waals surface area contributed by atoms with Crippen LogP contribution in [-0.4, -0.2) is 54.1 Å². The van der Waals surface area contributed by atoms with E-state index in [0.717, 1.165) is 0 Å². The number of aliphatic carboxylic acids is 1. The first-order valence-corrected chi connectivity index (χ1v) is 9.67. The quantitative estimate of drug-likeness (QED) is 0.262. The van der Waals surface area contributed by atoms with Crippen molar-refractivity contribution in [2.45, 2.75) is 72.5 Å². The average Bonchev–Trinajstić information content (AvgIpc) is 2.56. The summed E-state index contributed by atoms with van der Waals surface area (Å²) in [5.41, 5.74) is 15.2. The van der Waals surface area contributed by atoms with Gasteiger partial charge in [0.05, 0.1) is 6.04 Å². The van der Waals surface area contributed by atoms with E-state index in [2.05, 4.69) is 10.6 Å². The van der Waals surface area contributed by atoms with E-state index in [1.807, 2.05) is 13.8 Å². The second kappa shape index (κ2) is 10.7. The van der Waals surface area contributed by atoms with Crippen molar-refractivity contribution in [3.63, 3.8) is 0 Å². The Labute approximate surface area is 168 Å². The lowest BCUT2D eigenvalue weighted by molar-refractivity contribution is -0.143. The summed E-state index contributed by atoms with van der Waals surface area (Å²) >= 11 is 0. The predicted molar refractivity (Wildman–Crippen MR) is 109 cm³/mol. The lowest BCUT2D eigenvalue weighted by atomic mass is 9.70. The number of amides is 2. The third kappa shape index (κ3) is 8.12. The Morgan fingerprint density at radius 1 is 1.00 bits per heavy atom. The molecule has 0 fully saturated rings. The zero-order chi connectivity index (χ0) is 22.3. The molecular formula is C19H39N5O4. The van der Waals surface area contributed by atoms with Gasteiger partial charge in [-0.15, -0.1) is 0 Å². The van der Waals surface area contributed by atoms with E-state index in [1.165, 1.54) is 0 Å². The zero-order valence-electron chi connectivity index (χ0n) is 18.0. The number of carboxylic acids is 1. The van der Waals surface area contributed by atoms with Gasteiger partial charge in [0, 0.05) is 18.5 Å². The molecule has 2 amide bonds. The molecule has 0 spiro atoms. The fraction of sp³-hybridized carbons (Fsp3) is 0.842. The lowest BCUT2D eigenvalue weighted by Gasteiger charge is -2.37. The Morgan fingerprint density at radius 2 is 1.50 bits per heavy atom. The van der Waals surface area contributed by atoms with Crippen molar-refractivity contribution in [2.75, 3.05) is 13.1 Å². The van der Waals surface area contributed by atoms with E-state index in [-0.39, 0.29) is 43.3 Å². The molecule has 0 saturated carbocycles. The van der Waals surface area contributed by atoms with Crippen LogP contribution < -0.4 is 27.8 Å². The highest BCUT2D eigenvalue weighted by Crippen LogP contribution is 2.36. The minimum atomic E-state index is -1.12. The standard InChI is InChI=1S/C19H39N5O4/c1-11(2)7-13(15(25)23-12(8-20)9-21)24-17(28)19(5,6)10-18(3,4)14(22)16(26)27/h11-14H,7-10,20-22H2,1-6H3,(H,23,25)(H,24,28)(H,26,27)/t13-,14+/m0/s1. The maximum Gasteiger partial charge on any atom is 0.321 e. The van der Waals surface area contributed by atoms with Crippen molar-refractivity contribution < 1.29 is 19.5 Å². The van der Waals surface area contributed by atoms with Crippen molar-refractivity contribution in [3.8, 4) is 0 Å². The van der Waals surface area contributed by atoms with Crippen molar-refractivity contribution in [1.29, 1.82) is 0 Å². The van der Waals surface area contributed by atoms with Gasteiger partial charge in [-0.2, -0.15) is 0 Å². The van der Waals surface area contributed by atoms with Gasteiger partial charge in [0.1, 0.15) is 12.1 Å². The summed E-state index contributed by atoms with van der Waals surface area (Å²) in [4.78, 5) is 36.8. The molecule has 0 rings (SSSR count). The van der Waals surface area contributed by atoms with Gasteiger partial charge in [-0.1, -0.05) is 41.5 Å². The van der Waals surface area contributed by atoms with Crippen molar-refractivity contribution in [1.82, 2.24) is 10.6 Å². The second-order valence-corrected chi connectivity index (χ2v) is 9.20. The molecule has 0 aromatic heterocycles. The second-order valence-electron chi connectivity index (χ2n) is 9.20. The minimum absolute atomic E-state index is 0.172. The summed E-state index contributed by atoms with van der Waals surface area (Å²) in [6.07, 6.45) is 0.692. The number of carbonyl (C=O) groups is 3. The molecule has 9 N–H and O–H groups in total. The van der Waals surface area contributed by atoms with Crippen molar-refractivity contribution >= 4 is 17.8 Å². The molecule has 9 nitrogen and oxygen atoms in total. The molecule has 2 atom stereocenters. The van der Waals surface area contributed by atoms with Crippen molar-refractivity contribution in [3.05, 3.63) is 0 Å². The van der Waals surface area contributed by atoms with E-state index in [4.69, 9.17) is 17.2 Å². The van der Waals surface area contributed by atoms with Crippen LogP contribution in [0.25, 0.3) is 0 Å². The Hall–Kier alpha value is -1.71. The number of nitrogens with one attached hydrogen (secondary N) is 2. The van der Waals surface area contributed by atoms with Crippen molar-refractivity contribution in [2.24, 2.45) is 33.9 Å². The maximum atomic E-state index is 12.9. The largest absolute Gasteiger partial charge is 0.480 e. The fourth-order valence-electron chi connectivity index (χ4n) is 3.24. The highest BCUT2D eigenvalue weighted by molar-refractivity contribution is 5.90. The van der Waals surface area contributed by atoms with Gasteiger partial charge in [0.15, 0.2) is 0 Å². The van der Waals surface area contributed by atoms with Crippen LogP contribution >= 0.6 is 0 Å². The summed E-state index contributed by atoms with van der Waals surface area (Å²) in [5, 5.41) is 14.8. The van der Waals surface area contributed by atoms with Crippen LogP contribution in [0.1, 0.15) is 54.4 Å². The molecule has 0 heterocycles. The molecule has 0 unspecified atom stereocenters. The summed E-state index contributed by atoms with van der Waals surface area (Å²) in [7, 11) is 0. The maximum absolute atomic E-state index is 12.9. The van der Waals surface area contributed by atoms with Gasteiger partial charge in [-0.3, -0.25) is 14.4 Å². The van der Waals surface area contributed by atoms with Crippen LogP contribution in [0.4, 0.5) is 0 Å². The molecule has 0 radical (unpaired) electrons. The van der Waals surface area contributed by atoms with E-state index in [0.29, 0.717) is 6.42 Å². The molecule has 9 heteroatoms. The third-order valence-electron chi connectivity index (χ3n) is 4.86. The Morgan fingerprint density at radius 3 is 1.89 bits per heavy atom. The van der Waals surface area contributed by atoms with Crippen LogP contribution in [0.5, 0.6) is 0 Å².